The number of hydrogen-bond donors (Lipinski definition) is 1. The lowest BCUT2D eigenvalue weighted by molar-refractivity contribution is 0.0744. The molecule has 0 aliphatic carbocycles. The Hall–Kier alpha value is -2.50. The van der Waals surface area contributed by atoms with E-state index in [0.29, 0.717) is 43.2 Å². The molecule has 6 heteroatoms. The van der Waals surface area contributed by atoms with Crippen LogP contribution in [0.1, 0.15) is 21.8 Å². The molecular formula is C16H19N3O3. The maximum atomic E-state index is 12.6. The first kappa shape index (κ1) is 14.4. The minimum atomic E-state index is -0.0341. The molecule has 0 radical (unpaired) electrons. The van der Waals surface area contributed by atoms with Crippen molar-refractivity contribution in [3.63, 3.8) is 0 Å². The summed E-state index contributed by atoms with van der Waals surface area (Å²) in [6.07, 6.45) is 0. The van der Waals surface area contributed by atoms with Crippen LogP contribution in [0.5, 0.6) is 5.75 Å². The quantitative estimate of drug-likeness (QED) is 0.918. The van der Waals surface area contributed by atoms with E-state index in [1.165, 1.54) is 0 Å². The second kappa shape index (κ2) is 5.71. The smallest absolute Gasteiger partial charge is 0.259 e. The Morgan fingerprint density at radius 2 is 1.86 bits per heavy atom. The van der Waals surface area contributed by atoms with Crippen molar-refractivity contribution in [1.29, 1.82) is 0 Å². The van der Waals surface area contributed by atoms with Crippen molar-refractivity contribution >= 4 is 11.6 Å². The van der Waals surface area contributed by atoms with Gasteiger partial charge < -0.3 is 19.4 Å². The molecule has 1 aliphatic heterocycles. The van der Waals surface area contributed by atoms with Crippen molar-refractivity contribution < 1.29 is 14.4 Å². The standard InChI is InChI=1S/C16H19N3O3/c1-11-15(12(2)22-17-11)16(21)19-9-7-18(8-10-19)13-5-3-4-6-14(13)20/h3-6,20H,7-10H2,1-2H3. The highest BCUT2D eigenvalue weighted by Crippen LogP contribution is 2.27. The maximum absolute atomic E-state index is 12.6. The Labute approximate surface area is 128 Å². The number of amides is 1. The second-order valence-electron chi connectivity index (χ2n) is 5.47. The van der Waals surface area contributed by atoms with Gasteiger partial charge in [0.05, 0.1) is 11.4 Å². The molecular weight excluding hydrogens is 282 g/mol. The predicted molar refractivity (Wildman–Crippen MR) is 82.2 cm³/mol. The molecule has 0 saturated carbocycles. The topological polar surface area (TPSA) is 69.8 Å². The van der Waals surface area contributed by atoms with Gasteiger partial charge in [0.25, 0.3) is 5.91 Å². The number of aromatic nitrogens is 1. The van der Waals surface area contributed by atoms with E-state index in [0.717, 1.165) is 5.69 Å². The van der Waals surface area contributed by atoms with Crippen molar-refractivity contribution in [2.45, 2.75) is 13.8 Å². The van der Waals surface area contributed by atoms with E-state index in [2.05, 4.69) is 10.1 Å². The number of carbonyl (C=O) groups excluding carboxylic acids is 1. The number of carbonyl (C=O) groups is 1. The summed E-state index contributed by atoms with van der Waals surface area (Å²) in [5.74, 6) is 0.798. The molecule has 116 valence electrons. The largest absolute Gasteiger partial charge is 0.506 e. The summed E-state index contributed by atoms with van der Waals surface area (Å²) in [4.78, 5) is 16.5. The molecule has 1 fully saturated rings. The molecule has 1 saturated heterocycles. The van der Waals surface area contributed by atoms with Crippen LogP contribution in [0.15, 0.2) is 28.8 Å². The second-order valence-corrected chi connectivity index (χ2v) is 5.47. The van der Waals surface area contributed by atoms with Gasteiger partial charge in [-0.3, -0.25) is 4.79 Å². The number of aromatic hydroxyl groups is 1. The number of rotatable bonds is 2. The van der Waals surface area contributed by atoms with Crippen molar-refractivity contribution in [2.75, 3.05) is 31.1 Å². The van der Waals surface area contributed by atoms with E-state index in [-0.39, 0.29) is 11.7 Å². The van der Waals surface area contributed by atoms with E-state index < -0.39 is 0 Å². The first-order chi connectivity index (χ1) is 10.6. The summed E-state index contributed by atoms with van der Waals surface area (Å²) in [6.45, 7) is 6.13. The molecule has 0 atom stereocenters. The first-order valence-electron chi connectivity index (χ1n) is 7.33. The lowest BCUT2D eigenvalue weighted by Gasteiger charge is -2.36. The van der Waals surface area contributed by atoms with E-state index in [4.69, 9.17) is 4.52 Å². The van der Waals surface area contributed by atoms with Gasteiger partial charge in [0.1, 0.15) is 17.1 Å². The summed E-state index contributed by atoms with van der Waals surface area (Å²) < 4.78 is 5.07. The van der Waals surface area contributed by atoms with Crippen LogP contribution < -0.4 is 4.90 Å². The highest BCUT2D eigenvalue weighted by molar-refractivity contribution is 5.96. The summed E-state index contributed by atoms with van der Waals surface area (Å²) in [6, 6.07) is 7.27. The summed E-state index contributed by atoms with van der Waals surface area (Å²) >= 11 is 0. The van der Waals surface area contributed by atoms with Gasteiger partial charge in [0.15, 0.2) is 0 Å². The molecule has 1 aromatic carbocycles. The zero-order valence-electron chi connectivity index (χ0n) is 12.7. The Morgan fingerprint density at radius 1 is 1.18 bits per heavy atom. The molecule has 1 amide bonds. The molecule has 0 spiro atoms. The fourth-order valence-electron chi connectivity index (χ4n) is 2.83. The minimum absolute atomic E-state index is 0.0341. The number of phenols is 1. The Morgan fingerprint density at radius 3 is 2.45 bits per heavy atom. The number of hydrogen-bond acceptors (Lipinski definition) is 5. The number of phenolic OH excluding ortho intramolecular Hbond substituents is 1. The average molecular weight is 301 g/mol. The number of piperazine rings is 1. The van der Waals surface area contributed by atoms with Gasteiger partial charge >= 0.3 is 0 Å². The van der Waals surface area contributed by atoms with Crippen LogP contribution in [0.4, 0.5) is 5.69 Å². The third-order valence-corrected chi connectivity index (χ3v) is 4.04. The van der Waals surface area contributed by atoms with Gasteiger partial charge in [-0.05, 0) is 26.0 Å². The van der Waals surface area contributed by atoms with Gasteiger partial charge in [0, 0.05) is 26.2 Å². The Balaban J connectivity index is 1.70. The normalized spacial score (nSPS) is 15.2. The van der Waals surface area contributed by atoms with Gasteiger partial charge in [0.2, 0.25) is 0 Å². The molecule has 3 rings (SSSR count). The highest BCUT2D eigenvalue weighted by Gasteiger charge is 2.27. The molecule has 1 aromatic heterocycles. The minimum Gasteiger partial charge on any atom is -0.506 e. The van der Waals surface area contributed by atoms with E-state index in [9.17, 15) is 9.90 Å². The van der Waals surface area contributed by atoms with Crippen LogP contribution in [0, 0.1) is 13.8 Å². The average Bonchev–Trinajstić information content (AvgIpc) is 2.86. The van der Waals surface area contributed by atoms with E-state index >= 15 is 0 Å². The van der Waals surface area contributed by atoms with Gasteiger partial charge in [-0.1, -0.05) is 17.3 Å². The van der Waals surface area contributed by atoms with Crippen molar-refractivity contribution in [3.05, 3.63) is 41.3 Å². The number of aryl methyl sites for hydroxylation is 2. The fraction of sp³-hybridized carbons (Fsp3) is 0.375. The van der Waals surface area contributed by atoms with Crippen LogP contribution in [0.2, 0.25) is 0 Å². The molecule has 1 N–H and O–H groups in total. The van der Waals surface area contributed by atoms with Crippen LogP contribution in [0.25, 0.3) is 0 Å². The molecule has 6 nitrogen and oxygen atoms in total. The van der Waals surface area contributed by atoms with Crippen molar-refractivity contribution in [1.82, 2.24) is 10.1 Å². The van der Waals surface area contributed by atoms with Crippen molar-refractivity contribution in [3.8, 4) is 5.75 Å². The zero-order valence-corrected chi connectivity index (χ0v) is 12.7. The van der Waals surface area contributed by atoms with Crippen molar-refractivity contribution in [2.24, 2.45) is 0 Å². The van der Waals surface area contributed by atoms with Gasteiger partial charge in [-0.2, -0.15) is 0 Å². The molecule has 0 bridgehead atoms. The van der Waals surface area contributed by atoms with E-state index in [1.807, 2.05) is 17.0 Å². The third kappa shape index (κ3) is 2.52. The monoisotopic (exact) mass is 301 g/mol. The van der Waals surface area contributed by atoms with E-state index in [1.54, 1.807) is 26.0 Å². The molecule has 2 aromatic rings. The number of anilines is 1. The third-order valence-electron chi connectivity index (χ3n) is 4.04. The van der Waals surface area contributed by atoms with Crippen LogP contribution >= 0.6 is 0 Å². The number of nitrogens with zero attached hydrogens (tertiary/aromatic N) is 3. The zero-order chi connectivity index (χ0) is 15.7. The Bertz CT molecular complexity index is 668. The van der Waals surface area contributed by atoms with Gasteiger partial charge in [-0.25, -0.2) is 0 Å². The Kier molecular flexibility index (Phi) is 3.75. The van der Waals surface area contributed by atoms with Crippen LogP contribution in [-0.4, -0.2) is 47.2 Å². The first-order valence-corrected chi connectivity index (χ1v) is 7.33. The summed E-state index contributed by atoms with van der Waals surface area (Å²) in [7, 11) is 0. The fourth-order valence-corrected chi connectivity index (χ4v) is 2.83. The van der Waals surface area contributed by atoms with Gasteiger partial charge in [-0.15, -0.1) is 0 Å². The SMILES string of the molecule is Cc1noc(C)c1C(=O)N1CCN(c2ccccc2O)CC1. The summed E-state index contributed by atoms with van der Waals surface area (Å²) in [5, 5.41) is 13.8. The molecule has 22 heavy (non-hydrogen) atoms. The predicted octanol–water partition coefficient (Wildman–Crippen LogP) is 1.96. The lowest BCUT2D eigenvalue weighted by atomic mass is 10.1. The molecule has 1 aliphatic rings. The van der Waals surface area contributed by atoms with Crippen LogP contribution in [0.3, 0.4) is 0 Å². The molecule has 0 unspecified atom stereocenters. The lowest BCUT2D eigenvalue weighted by Crippen LogP contribution is -2.49. The maximum Gasteiger partial charge on any atom is 0.259 e. The highest BCUT2D eigenvalue weighted by atomic mass is 16.5. The number of benzene rings is 1. The molecule has 2 heterocycles. The number of para-hydroxylation sites is 2. The summed E-state index contributed by atoms with van der Waals surface area (Å²) in [5.41, 5.74) is 2.01. The van der Waals surface area contributed by atoms with Crippen LogP contribution in [-0.2, 0) is 0 Å².